The fourth-order valence-corrected chi connectivity index (χ4v) is 5.63. The molecule has 0 aromatic rings. The first kappa shape index (κ1) is 43.2. The summed E-state index contributed by atoms with van der Waals surface area (Å²) in [4.78, 5) is 0. The Morgan fingerprint density at radius 2 is 1.00 bits per heavy atom. The number of hydrogen-bond donors (Lipinski definition) is 0. The molecule has 190 valence electrons. The van der Waals surface area contributed by atoms with E-state index in [-0.39, 0.29) is 39.7 Å². The third-order valence-electron chi connectivity index (χ3n) is 5.03. The summed E-state index contributed by atoms with van der Waals surface area (Å²) in [7, 11) is -2.15. The fourth-order valence-electron chi connectivity index (χ4n) is 3.12. The normalized spacial score (nSPS) is 14.1. The van der Waals surface area contributed by atoms with Crippen LogP contribution in [0.25, 0.3) is 0 Å². The fraction of sp³-hybridized carbons (Fsp3) is 0.615. The number of hydrogen-bond acceptors (Lipinski definition) is 0. The molecule has 0 aromatic heterocycles. The van der Waals surface area contributed by atoms with Crippen molar-refractivity contribution in [1.82, 2.24) is 0 Å². The van der Waals surface area contributed by atoms with Crippen LogP contribution in [-0.2, 0) is 23.3 Å². The van der Waals surface area contributed by atoms with Crippen LogP contribution in [0.1, 0.15) is 65.2 Å². The van der Waals surface area contributed by atoms with Gasteiger partial charge in [0.15, 0.2) is 0 Å². The molecule has 0 radical (unpaired) electrons. The van der Waals surface area contributed by atoms with Gasteiger partial charge >= 0.3 is 30.2 Å². The van der Waals surface area contributed by atoms with Gasteiger partial charge in [0.05, 0.1) is 0 Å². The molecule has 0 atom stereocenters. The monoisotopic (exact) mass is 608 g/mol. The Labute approximate surface area is 234 Å². The first-order valence-corrected chi connectivity index (χ1v) is 24.0. The van der Waals surface area contributed by atoms with Crippen LogP contribution < -0.4 is 0 Å². The molecule has 0 N–H and O–H groups in total. The topological polar surface area (TPSA) is 0 Å². The van der Waals surface area contributed by atoms with E-state index < -0.39 is 16.1 Å². The van der Waals surface area contributed by atoms with Crippen LogP contribution in [0.3, 0.4) is 0 Å². The summed E-state index contributed by atoms with van der Waals surface area (Å²) in [6, 6.07) is 0. The minimum absolute atomic E-state index is 0. The predicted octanol–water partition coefficient (Wildman–Crippen LogP) is 9.05. The van der Waals surface area contributed by atoms with Crippen LogP contribution in [0.4, 0.5) is 0 Å². The van der Waals surface area contributed by atoms with Gasteiger partial charge in [0, 0.05) is 16.1 Å². The second kappa shape index (κ2) is 22.5. The molecule has 0 spiro atoms. The first-order chi connectivity index (χ1) is 13.1. The molecule has 0 aromatic carbocycles. The Kier molecular flexibility index (Phi) is 30.4. The molecule has 0 aliphatic heterocycles. The number of halogens is 2. The molecule has 6 heteroatoms. The van der Waals surface area contributed by atoms with Gasteiger partial charge in [-0.3, -0.25) is 12.2 Å². The standard InChI is InChI=1S/2C12H21Si.2CH3.2ClH.H2Si.Zr/c2*1-5-6-7-11-8-9-12(10-11)13(2,3)4;;;;;;/h2*10H,5-8H2,1-4H3;2*1H3;2*1H;1H2;/q4*-1;;;;. The maximum atomic E-state index is 3.54. The molecular weight excluding hydrogens is 559 g/mol. The van der Waals surface area contributed by atoms with E-state index in [2.05, 4.69) is 77.4 Å². The molecular formula is C26H52Cl2Si3Zr-4. The van der Waals surface area contributed by atoms with Gasteiger partial charge in [-0.15, -0.1) is 37.7 Å². The second-order valence-corrected chi connectivity index (χ2v) is 19.9. The zero-order valence-corrected chi connectivity index (χ0v) is 30.3. The number of rotatable bonds is 8. The van der Waals surface area contributed by atoms with Gasteiger partial charge < -0.3 is 14.9 Å². The van der Waals surface area contributed by atoms with E-state index in [1.165, 1.54) is 38.5 Å². The van der Waals surface area contributed by atoms with E-state index in [4.69, 9.17) is 0 Å². The molecule has 0 fully saturated rings. The Morgan fingerprint density at radius 3 is 1.19 bits per heavy atom. The number of unbranched alkanes of at least 4 members (excludes halogenated alkanes) is 2. The third-order valence-corrected chi connectivity index (χ3v) is 8.90. The Bertz CT molecular complexity index is 543. The summed E-state index contributed by atoms with van der Waals surface area (Å²) in [5.74, 6) is 0. The molecule has 0 nitrogen and oxygen atoms in total. The van der Waals surface area contributed by atoms with Gasteiger partial charge in [-0.25, -0.2) is 22.5 Å². The first-order valence-electron chi connectivity index (χ1n) is 11.0. The summed E-state index contributed by atoms with van der Waals surface area (Å²) in [6.45, 7) is 20.8. The van der Waals surface area contributed by atoms with Gasteiger partial charge in [0.25, 0.3) is 0 Å². The van der Waals surface area contributed by atoms with Crippen molar-refractivity contribution in [1.29, 1.82) is 0 Å². The van der Waals surface area contributed by atoms with Crippen molar-refractivity contribution in [3.8, 4) is 0 Å². The van der Waals surface area contributed by atoms with Crippen LogP contribution in [0.5, 0.6) is 0 Å². The zero-order valence-electron chi connectivity index (χ0n) is 22.8. The number of allylic oxidation sites excluding steroid dienone is 8. The van der Waals surface area contributed by atoms with Crippen molar-refractivity contribution < 1.29 is 23.3 Å². The summed E-state index contributed by atoms with van der Waals surface area (Å²) >= 11 is 1.58. The SMILES string of the molecule is CCCCC1=CC([Si](C)(C)C)=[C-]C1.CCCCC1=CC([Si](C)(C)C)=[C-]C1.Cl.Cl.[CH3-].[CH3-].[SiH2]=[Zr]. The molecule has 32 heavy (non-hydrogen) atoms. The van der Waals surface area contributed by atoms with Crippen molar-refractivity contribution in [2.24, 2.45) is 0 Å². The van der Waals surface area contributed by atoms with E-state index in [1.54, 1.807) is 44.9 Å². The van der Waals surface area contributed by atoms with Crippen LogP contribution in [0, 0.1) is 27.0 Å². The third kappa shape index (κ3) is 18.4. The predicted molar refractivity (Wildman–Crippen MR) is 161 cm³/mol. The van der Waals surface area contributed by atoms with Gasteiger partial charge in [-0.1, -0.05) is 78.8 Å². The Hall–Kier alpha value is 1.07. The molecule has 0 bridgehead atoms. The quantitative estimate of drug-likeness (QED) is 0.190. The van der Waals surface area contributed by atoms with E-state index >= 15 is 0 Å². The van der Waals surface area contributed by atoms with Gasteiger partial charge in [0.2, 0.25) is 0 Å². The molecule has 0 saturated heterocycles. The summed E-state index contributed by atoms with van der Waals surface area (Å²) in [6.07, 6.45) is 22.0. The second-order valence-electron chi connectivity index (χ2n) is 9.85. The van der Waals surface area contributed by atoms with E-state index in [9.17, 15) is 0 Å². The summed E-state index contributed by atoms with van der Waals surface area (Å²) in [5.41, 5.74) is 3.22. The van der Waals surface area contributed by atoms with E-state index in [1.807, 2.05) is 6.88 Å². The van der Waals surface area contributed by atoms with E-state index in [0.29, 0.717) is 0 Å². The minimum atomic E-state index is -1.08. The molecule has 0 unspecified atom stereocenters. The van der Waals surface area contributed by atoms with Gasteiger partial charge in [-0.2, -0.15) is 11.1 Å². The van der Waals surface area contributed by atoms with Crippen molar-refractivity contribution >= 4 is 47.8 Å². The molecule has 2 aliphatic carbocycles. The van der Waals surface area contributed by atoms with Crippen molar-refractivity contribution in [2.45, 2.75) is 104 Å². The summed E-state index contributed by atoms with van der Waals surface area (Å²) < 4.78 is 0. The molecule has 0 saturated carbocycles. The Morgan fingerprint density at radius 1 is 0.719 bits per heavy atom. The van der Waals surface area contributed by atoms with Crippen LogP contribution in [0.15, 0.2) is 33.7 Å². The van der Waals surface area contributed by atoms with Crippen LogP contribution >= 0.6 is 24.8 Å². The zero-order chi connectivity index (χ0) is 21.8. The van der Waals surface area contributed by atoms with Crippen molar-refractivity contribution in [3.05, 3.63) is 60.7 Å². The van der Waals surface area contributed by atoms with Gasteiger partial charge in [0.1, 0.15) is 0 Å². The van der Waals surface area contributed by atoms with Crippen molar-refractivity contribution in [2.75, 3.05) is 0 Å². The van der Waals surface area contributed by atoms with Crippen LogP contribution in [0.2, 0.25) is 39.3 Å². The molecule has 0 heterocycles. The maximum absolute atomic E-state index is 3.54. The average Bonchev–Trinajstić information content (AvgIpc) is 3.29. The molecule has 2 aliphatic rings. The van der Waals surface area contributed by atoms with Crippen LogP contribution in [-0.4, -0.2) is 23.0 Å². The Balaban J connectivity index is -0.000000126. The van der Waals surface area contributed by atoms with Gasteiger partial charge in [-0.05, 0) is 12.8 Å². The molecule has 2 rings (SSSR count). The van der Waals surface area contributed by atoms with Crippen molar-refractivity contribution in [3.63, 3.8) is 0 Å². The van der Waals surface area contributed by atoms with E-state index in [0.717, 1.165) is 12.8 Å². The summed E-state index contributed by atoms with van der Waals surface area (Å²) in [5, 5.41) is 3.08. The molecule has 0 amide bonds. The average molecular weight is 611 g/mol.